The van der Waals surface area contributed by atoms with Crippen LogP contribution >= 0.6 is 11.6 Å². The standard InChI is InChI=1S/C27H32ClF2N3O3/c1-26(2,3)36-25(35)33-14-10-18(11-15-33)21-6-4-19-22(32-21)7-5-20(28)23(19)24(34)31-16-17-8-12-27(29,30)13-9-17/h4-7,10,17H,8-9,11-16H2,1-3H3,(H,31,34). The maximum Gasteiger partial charge on any atom is 0.410 e. The smallest absolute Gasteiger partial charge is 0.410 e. The minimum atomic E-state index is -2.59. The lowest BCUT2D eigenvalue weighted by Gasteiger charge is -2.29. The molecule has 1 aliphatic carbocycles. The van der Waals surface area contributed by atoms with Gasteiger partial charge >= 0.3 is 6.09 Å². The molecule has 2 heterocycles. The van der Waals surface area contributed by atoms with E-state index in [4.69, 9.17) is 21.3 Å². The molecule has 1 saturated carbocycles. The largest absolute Gasteiger partial charge is 0.444 e. The first-order chi connectivity index (χ1) is 16.9. The molecule has 1 fully saturated rings. The number of carbonyl (C=O) groups excluding carboxylic acids is 2. The van der Waals surface area contributed by atoms with Gasteiger partial charge in [-0.25, -0.2) is 18.6 Å². The number of fused-ring (bicyclic) bond motifs is 1. The molecule has 1 aromatic carbocycles. The Balaban J connectivity index is 1.46. The third-order valence-corrected chi connectivity index (χ3v) is 6.94. The Morgan fingerprint density at radius 2 is 1.92 bits per heavy atom. The highest BCUT2D eigenvalue weighted by Gasteiger charge is 2.35. The maximum absolute atomic E-state index is 13.4. The molecule has 0 unspecified atom stereocenters. The summed E-state index contributed by atoms with van der Waals surface area (Å²) in [4.78, 5) is 31.7. The van der Waals surface area contributed by atoms with Gasteiger partial charge in [-0.1, -0.05) is 17.7 Å². The fraction of sp³-hybridized carbons (Fsp3) is 0.519. The molecule has 194 valence electrons. The van der Waals surface area contributed by atoms with Crippen LogP contribution in [-0.2, 0) is 4.74 Å². The van der Waals surface area contributed by atoms with Gasteiger partial charge in [-0.3, -0.25) is 4.79 Å². The lowest BCUT2D eigenvalue weighted by Crippen LogP contribution is -2.39. The van der Waals surface area contributed by atoms with E-state index in [2.05, 4.69) is 5.32 Å². The molecule has 2 aromatic rings. The number of rotatable bonds is 4. The van der Waals surface area contributed by atoms with Crippen molar-refractivity contribution in [2.24, 2.45) is 5.92 Å². The van der Waals surface area contributed by atoms with Crippen molar-refractivity contribution < 1.29 is 23.1 Å². The normalized spacial score (nSPS) is 18.6. The number of pyridine rings is 1. The fourth-order valence-electron chi connectivity index (χ4n) is 4.61. The van der Waals surface area contributed by atoms with Crippen molar-refractivity contribution in [1.82, 2.24) is 15.2 Å². The Bertz CT molecular complexity index is 1180. The van der Waals surface area contributed by atoms with E-state index in [0.717, 1.165) is 11.3 Å². The molecule has 1 aliphatic heterocycles. The van der Waals surface area contributed by atoms with Crippen LogP contribution in [0.3, 0.4) is 0 Å². The zero-order chi connectivity index (χ0) is 26.1. The van der Waals surface area contributed by atoms with Crippen LogP contribution in [0.15, 0.2) is 30.3 Å². The number of carbonyl (C=O) groups is 2. The van der Waals surface area contributed by atoms with E-state index >= 15 is 0 Å². The Morgan fingerprint density at radius 1 is 1.19 bits per heavy atom. The molecule has 1 aromatic heterocycles. The van der Waals surface area contributed by atoms with E-state index in [0.29, 0.717) is 60.4 Å². The highest BCUT2D eigenvalue weighted by Crippen LogP contribution is 2.36. The molecule has 0 spiro atoms. The van der Waals surface area contributed by atoms with Gasteiger partial charge in [-0.05, 0) is 75.8 Å². The zero-order valence-electron chi connectivity index (χ0n) is 20.9. The Labute approximate surface area is 215 Å². The summed E-state index contributed by atoms with van der Waals surface area (Å²) in [5.41, 5.74) is 2.23. The average Bonchev–Trinajstić information content (AvgIpc) is 2.82. The van der Waals surface area contributed by atoms with Crippen LogP contribution in [0.25, 0.3) is 16.5 Å². The predicted octanol–water partition coefficient (Wildman–Crippen LogP) is 6.47. The zero-order valence-corrected chi connectivity index (χ0v) is 21.6. The Kier molecular flexibility index (Phi) is 7.55. The highest BCUT2D eigenvalue weighted by molar-refractivity contribution is 6.35. The third kappa shape index (κ3) is 6.33. The summed E-state index contributed by atoms with van der Waals surface area (Å²) in [5, 5.41) is 3.83. The predicted molar refractivity (Wildman–Crippen MR) is 136 cm³/mol. The number of amides is 2. The third-order valence-electron chi connectivity index (χ3n) is 6.63. The number of ether oxygens (including phenoxy) is 1. The van der Waals surface area contributed by atoms with E-state index in [1.165, 1.54) is 0 Å². The second-order valence-electron chi connectivity index (χ2n) is 10.6. The summed E-state index contributed by atoms with van der Waals surface area (Å²) in [6.07, 6.45) is 2.78. The van der Waals surface area contributed by atoms with Crippen LogP contribution in [0.2, 0.25) is 5.02 Å². The first-order valence-corrected chi connectivity index (χ1v) is 12.7. The lowest BCUT2D eigenvalue weighted by atomic mass is 9.87. The molecule has 0 saturated heterocycles. The Morgan fingerprint density at radius 3 is 2.56 bits per heavy atom. The van der Waals surface area contributed by atoms with Crippen LogP contribution in [0, 0.1) is 5.92 Å². The van der Waals surface area contributed by atoms with E-state index in [1.807, 2.05) is 39.0 Å². The minimum Gasteiger partial charge on any atom is -0.444 e. The number of nitrogens with one attached hydrogen (secondary N) is 1. The van der Waals surface area contributed by atoms with E-state index in [1.54, 1.807) is 17.0 Å². The van der Waals surface area contributed by atoms with Gasteiger partial charge in [0, 0.05) is 37.9 Å². The highest BCUT2D eigenvalue weighted by atomic mass is 35.5. The summed E-state index contributed by atoms with van der Waals surface area (Å²) < 4.78 is 32.3. The summed E-state index contributed by atoms with van der Waals surface area (Å²) in [7, 11) is 0. The number of benzene rings is 1. The lowest BCUT2D eigenvalue weighted by molar-refractivity contribution is -0.0452. The second kappa shape index (κ2) is 10.3. The van der Waals surface area contributed by atoms with Crippen molar-refractivity contribution in [3.8, 4) is 0 Å². The van der Waals surface area contributed by atoms with Crippen LogP contribution in [0.4, 0.5) is 13.6 Å². The molecule has 0 radical (unpaired) electrons. The molecule has 0 bridgehead atoms. The number of halogens is 3. The van der Waals surface area contributed by atoms with Crippen LogP contribution in [-0.4, -0.2) is 53.0 Å². The number of aromatic nitrogens is 1. The number of hydrogen-bond donors (Lipinski definition) is 1. The van der Waals surface area contributed by atoms with E-state index in [-0.39, 0.29) is 30.8 Å². The molecule has 6 nitrogen and oxygen atoms in total. The fourth-order valence-corrected chi connectivity index (χ4v) is 4.86. The molecule has 2 aliphatic rings. The minimum absolute atomic E-state index is 0.0329. The van der Waals surface area contributed by atoms with Gasteiger partial charge in [0.25, 0.3) is 5.91 Å². The average molecular weight is 520 g/mol. The van der Waals surface area contributed by atoms with Gasteiger partial charge in [0.2, 0.25) is 5.92 Å². The van der Waals surface area contributed by atoms with Crippen molar-refractivity contribution in [2.45, 2.75) is 64.4 Å². The first-order valence-electron chi connectivity index (χ1n) is 12.3. The number of alkyl halides is 2. The second-order valence-corrected chi connectivity index (χ2v) is 11.0. The molecule has 2 amide bonds. The van der Waals surface area contributed by atoms with E-state index in [9.17, 15) is 18.4 Å². The molecular formula is C27H32ClF2N3O3. The van der Waals surface area contributed by atoms with Crippen molar-refractivity contribution >= 4 is 40.1 Å². The van der Waals surface area contributed by atoms with Gasteiger partial charge in [0.05, 0.1) is 21.8 Å². The number of hydrogen-bond acceptors (Lipinski definition) is 4. The van der Waals surface area contributed by atoms with Gasteiger partial charge in [-0.15, -0.1) is 0 Å². The molecule has 36 heavy (non-hydrogen) atoms. The van der Waals surface area contributed by atoms with Gasteiger partial charge in [0.1, 0.15) is 5.60 Å². The quantitative estimate of drug-likeness (QED) is 0.502. The van der Waals surface area contributed by atoms with Crippen LogP contribution in [0.1, 0.15) is 68.9 Å². The van der Waals surface area contributed by atoms with Gasteiger partial charge < -0.3 is 15.0 Å². The topological polar surface area (TPSA) is 71.5 Å². The van der Waals surface area contributed by atoms with E-state index < -0.39 is 11.5 Å². The number of nitrogens with zero attached hydrogens (tertiary/aromatic N) is 2. The van der Waals surface area contributed by atoms with Crippen molar-refractivity contribution in [1.29, 1.82) is 0 Å². The molecule has 4 rings (SSSR count). The first kappa shape index (κ1) is 26.3. The van der Waals surface area contributed by atoms with Crippen LogP contribution < -0.4 is 5.32 Å². The monoisotopic (exact) mass is 519 g/mol. The maximum atomic E-state index is 13.4. The molecule has 9 heteroatoms. The molecule has 1 N–H and O–H groups in total. The van der Waals surface area contributed by atoms with Crippen molar-refractivity contribution in [2.75, 3.05) is 19.6 Å². The SMILES string of the molecule is CC(C)(C)OC(=O)N1CC=C(c2ccc3c(C(=O)NCC4CCC(F)(F)CC4)c(Cl)ccc3n2)CC1. The van der Waals surface area contributed by atoms with Gasteiger partial charge in [0.15, 0.2) is 0 Å². The molecule has 0 atom stereocenters. The van der Waals surface area contributed by atoms with Gasteiger partial charge in [-0.2, -0.15) is 0 Å². The summed E-state index contributed by atoms with van der Waals surface area (Å²) >= 11 is 6.39. The summed E-state index contributed by atoms with van der Waals surface area (Å²) in [5.74, 6) is -2.89. The van der Waals surface area contributed by atoms with Crippen LogP contribution in [0.5, 0.6) is 0 Å². The molecular weight excluding hydrogens is 488 g/mol. The summed E-state index contributed by atoms with van der Waals surface area (Å²) in [6.45, 7) is 6.83. The van der Waals surface area contributed by atoms with Crippen molar-refractivity contribution in [3.05, 3.63) is 46.6 Å². The summed E-state index contributed by atoms with van der Waals surface area (Å²) in [6, 6.07) is 7.11. The van der Waals surface area contributed by atoms with Crippen molar-refractivity contribution in [3.63, 3.8) is 0 Å². The Hall–Kier alpha value is -2.74.